The Kier molecular flexibility index (Phi) is 4.15. The summed E-state index contributed by atoms with van der Waals surface area (Å²) in [6, 6.07) is 0.301. The summed E-state index contributed by atoms with van der Waals surface area (Å²) < 4.78 is 10.7. The Morgan fingerprint density at radius 1 is 1.69 bits per heavy atom. The number of aromatic nitrogens is 1. The van der Waals surface area contributed by atoms with Gasteiger partial charge in [-0.05, 0) is 6.42 Å². The van der Waals surface area contributed by atoms with Crippen LogP contribution in [0, 0.1) is 0 Å². The maximum atomic E-state index is 5.47. The number of morpholine rings is 1. The first-order valence-electron chi connectivity index (χ1n) is 5.63. The zero-order chi connectivity index (χ0) is 11.4. The molecule has 0 aromatic carbocycles. The second-order valence-electron chi connectivity index (χ2n) is 3.85. The second kappa shape index (κ2) is 5.61. The molecule has 90 valence electrons. The van der Waals surface area contributed by atoms with E-state index in [1.807, 2.05) is 0 Å². The SMILES string of the molecule is CCc1csc(N2CCOC[C@@H]2COC)n1. The average Bonchev–Trinajstić information content (AvgIpc) is 2.79. The van der Waals surface area contributed by atoms with Crippen molar-refractivity contribution in [3.63, 3.8) is 0 Å². The van der Waals surface area contributed by atoms with E-state index in [0.29, 0.717) is 12.6 Å². The lowest BCUT2D eigenvalue weighted by Crippen LogP contribution is -2.48. The molecule has 2 rings (SSSR count). The van der Waals surface area contributed by atoms with Crippen molar-refractivity contribution in [3.8, 4) is 0 Å². The second-order valence-corrected chi connectivity index (χ2v) is 4.69. The number of thiazole rings is 1. The molecule has 0 amide bonds. The van der Waals surface area contributed by atoms with E-state index in [2.05, 4.69) is 22.2 Å². The fourth-order valence-electron chi connectivity index (χ4n) is 1.83. The molecule has 1 aliphatic heterocycles. The van der Waals surface area contributed by atoms with Gasteiger partial charge in [0.1, 0.15) is 0 Å². The monoisotopic (exact) mass is 242 g/mol. The lowest BCUT2D eigenvalue weighted by Gasteiger charge is -2.34. The minimum atomic E-state index is 0.301. The molecule has 5 heteroatoms. The van der Waals surface area contributed by atoms with Gasteiger partial charge in [0.15, 0.2) is 5.13 Å². The lowest BCUT2D eigenvalue weighted by atomic mass is 10.2. The van der Waals surface area contributed by atoms with Gasteiger partial charge in [-0.25, -0.2) is 4.98 Å². The maximum Gasteiger partial charge on any atom is 0.185 e. The summed E-state index contributed by atoms with van der Waals surface area (Å²) in [5.74, 6) is 0. The molecular formula is C11H18N2O2S. The molecule has 1 saturated heterocycles. The van der Waals surface area contributed by atoms with Gasteiger partial charge in [-0.1, -0.05) is 6.92 Å². The Morgan fingerprint density at radius 3 is 3.25 bits per heavy atom. The van der Waals surface area contributed by atoms with Crippen molar-refractivity contribution in [1.29, 1.82) is 0 Å². The first-order valence-corrected chi connectivity index (χ1v) is 6.50. The van der Waals surface area contributed by atoms with E-state index in [-0.39, 0.29) is 0 Å². The van der Waals surface area contributed by atoms with Gasteiger partial charge < -0.3 is 14.4 Å². The van der Waals surface area contributed by atoms with Gasteiger partial charge in [-0.3, -0.25) is 0 Å². The van der Waals surface area contributed by atoms with Crippen LogP contribution in [0.25, 0.3) is 0 Å². The van der Waals surface area contributed by atoms with Crippen molar-refractivity contribution >= 4 is 16.5 Å². The van der Waals surface area contributed by atoms with Gasteiger partial charge in [0, 0.05) is 19.0 Å². The molecule has 0 radical (unpaired) electrons. The van der Waals surface area contributed by atoms with E-state index < -0.39 is 0 Å². The molecular weight excluding hydrogens is 224 g/mol. The number of hydrogen-bond acceptors (Lipinski definition) is 5. The van der Waals surface area contributed by atoms with E-state index in [0.717, 1.165) is 31.3 Å². The maximum absolute atomic E-state index is 5.47. The van der Waals surface area contributed by atoms with Gasteiger partial charge >= 0.3 is 0 Å². The average molecular weight is 242 g/mol. The summed E-state index contributed by atoms with van der Waals surface area (Å²) in [5, 5.41) is 3.23. The molecule has 1 aliphatic rings. The third-order valence-corrected chi connectivity index (χ3v) is 3.66. The van der Waals surface area contributed by atoms with Gasteiger partial charge in [-0.2, -0.15) is 0 Å². The van der Waals surface area contributed by atoms with E-state index in [1.54, 1.807) is 18.4 Å². The Balaban J connectivity index is 2.09. The highest BCUT2D eigenvalue weighted by atomic mass is 32.1. The Hall–Kier alpha value is -0.650. The Morgan fingerprint density at radius 2 is 2.56 bits per heavy atom. The predicted molar refractivity (Wildman–Crippen MR) is 65.3 cm³/mol. The molecule has 1 aromatic heterocycles. The number of anilines is 1. The van der Waals surface area contributed by atoms with Crippen LogP contribution in [0.15, 0.2) is 5.38 Å². The Labute approximate surface area is 100 Å². The molecule has 0 saturated carbocycles. The number of aryl methyl sites for hydroxylation is 1. The van der Waals surface area contributed by atoms with Crippen LogP contribution in [0.3, 0.4) is 0 Å². The zero-order valence-corrected chi connectivity index (χ0v) is 10.6. The number of nitrogens with zero attached hydrogens (tertiary/aromatic N) is 2. The fourth-order valence-corrected chi connectivity index (χ4v) is 2.83. The minimum absolute atomic E-state index is 0.301. The van der Waals surface area contributed by atoms with Crippen molar-refractivity contribution in [1.82, 2.24) is 4.98 Å². The van der Waals surface area contributed by atoms with Crippen LogP contribution < -0.4 is 4.90 Å². The molecule has 4 nitrogen and oxygen atoms in total. The van der Waals surface area contributed by atoms with E-state index in [1.165, 1.54) is 5.69 Å². The molecule has 0 unspecified atom stereocenters. The van der Waals surface area contributed by atoms with Gasteiger partial charge in [0.2, 0.25) is 0 Å². The van der Waals surface area contributed by atoms with Crippen molar-refractivity contribution in [2.75, 3.05) is 38.4 Å². The molecule has 0 bridgehead atoms. The first-order chi connectivity index (χ1) is 7.85. The van der Waals surface area contributed by atoms with Crippen LogP contribution in [0.2, 0.25) is 0 Å². The van der Waals surface area contributed by atoms with Crippen LogP contribution in [0.5, 0.6) is 0 Å². The standard InChI is InChI=1S/C11H18N2O2S/c1-3-9-8-16-11(12-9)13-4-5-15-7-10(13)6-14-2/h8,10H,3-7H2,1-2H3/t10-/m0/s1. The highest BCUT2D eigenvalue weighted by molar-refractivity contribution is 7.13. The van der Waals surface area contributed by atoms with Crippen molar-refractivity contribution < 1.29 is 9.47 Å². The summed E-state index contributed by atoms with van der Waals surface area (Å²) >= 11 is 1.71. The van der Waals surface area contributed by atoms with Gasteiger partial charge in [-0.15, -0.1) is 11.3 Å². The minimum Gasteiger partial charge on any atom is -0.382 e. The molecule has 2 heterocycles. The topological polar surface area (TPSA) is 34.6 Å². The smallest absolute Gasteiger partial charge is 0.185 e. The third kappa shape index (κ3) is 2.53. The molecule has 1 aromatic rings. The number of ether oxygens (including phenoxy) is 2. The lowest BCUT2D eigenvalue weighted by molar-refractivity contribution is 0.0601. The van der Waals surface area contributed by atoms with Crippen molar-refractivity contribution in [3.05, 3.63) is 11.1 Å². The van der Waals surface area contributed by atoms with Crippen LogP contribution in [0.4, 0.5) is 5.13 Å². The van der Waals surface area contributed by atoms with E-state index >= 15 is 0 Å². The first kappa shape index (κ1) is 11.8. The van der Waals surface area contributed by atoms with Crippen molar-refractivity contribution in [2.45, 2.75) is 19.4 Å². The largest absolute Gasteiger partial charge is 0.382 e. The summed E-state index contributed by atoms with van der Waals surface area (Å²) in [6.07, 6.45) is 0.996. The summed E-state index contributed by atoms with van der Waals surface area (Å²) in [5.41, 5.74) is 1.17. The molecule has 16 heavy (non-hydrogen) atoms. The van der Waals surface area contributed by atoms with Crippen LogP contribution in [-0.4, -0.2) is 44.5 Å². The normalized spacial score (nSPS) is 21.4. The van der Waals surface area contributed by atoms with Gasteiger partial charge in [0.05, 0.1) is 31.6 Å². The van der Waals surface area contributed by atoms with Gasteiger partial charge in [0.25, 0.3) is 0 Å². The highest BCUT2D eigenvalue weighted by Crippen LogP contribution is 2.24. The molecule has 0 spiro atoms. The Bertz CT molecular complexity index is 328. The summed E-state index contributed by atoms with van der Waals surface area (Å²) in [7, 11) is 1.73. The molecule has 0 aliphatic carbocycles. The van der Waals surface area contributed by atoms with E-state index in [4.69, 9.17) is 9.47 Å². The number of methoxy groups -OCH3 is 1. The molecule has 0 N–H and O–H groups in total. The molecule has 1 fully saturated rings. The summed E-state index contributed by atoms with van der Waals surface area (Å²) in [4.78, 5) is 6.92. The van der Waals surface area contributed by atoms with Crippen LogP contribution in [-0.2, 0) is 15.9 Å². The third-order valence-electron chi connectivity index (χ3n) is 2.73. The number of hydrogen-bond donors (Lipinski definition) is 0. The van der Waals surface area contributed by atoms with Crippen LogP contribution in [0.1, 0.15) is 12.6 Å². The predicted octanol–water partition coefficient (Wildman–Crippen LogP) is 1.56. The van der Waals surface area contributed by atoms with Crippen LogP contribution >= 0.6 is 11.3 Å². The number of rotatable bonds is 4. The fraction of sp³-hybridized carbons (Fsp3) is 0.727. The zero-order valence-electron chi connectivity index (χ0n) is 9.81. The summed E-state index contributed by atoms with van der Waals surface area (Å²) in [6.45, 7) is 5.24. The molecule has 1 atom stereocenters. The quantitative estimate of drug-likeness (QED) is 0.802. The highest BCUT2D eigenvalue weighted by Gasteiger charge is 2.25. The van der Waals surface area contributed by atoms with Crippen molar-refractivity contribution in [2.24, 2.45) is 0 Å². The van der Waals surface area contributed by atoms with E-state index in [9.17, 15) is 0 Å².